The van der Waals surface area contributed by atoms with Gasteiger partial charge in [0.15, 0.2) is 5.71 Å². The first-order valence-electron chi connectivity index (χ1n) is 6.84. The van der Waals surface area contributed by atoms with Gasteiger partial charge in [0.05, 0.1) is 20.3 Å². The molecule has 2 rings (SSSR count). The van der Waals surface area contributed by atoms with Crippen LogP contribution < -0.4 is 0 Å². The van der Waals surface area contributed by atoms with Crippen molar-refractivity contribution in [3.05, 3.63) is 35.4 Å². The Morgan fingerprint density at radius 3 is 2.67 bits per heavy atom. The summed E-state index contributed by atoms with van der Waals surface area (Å²) in [4.78, 5) is 18.9. The second-order valence-corrected chi connectivity index (χ2v) is 4.66. The minimum atomic E-state index is -0.508. The molecular formula is C15H20N2O4. The van der Waals surface area contributed by atoms with Crippen LogP contribution in [-0.2, 0) is 25.7 Å². The van der Waals surface area contributed by atoms with Gasteiger partial charge in [-0.3, -0.25) is 4.90 Å². The Labute approximate surface area is 124 Å². The molecular weight excluding hydrogens is 272 g/mol. The molecule has 1 saturated heterocycles. The third-order valence-corrected chi connectivity index (χ3v) is 3.33. The molecule has 0 N–H and O–H groups in total. The van der Waals surface area contributed by atoms with Crippen molar-refractivity contribution in [3.63, 3.8) is 0 Å². The molecule has 1 fully saturated rings. The van der Waals surface area contributed by atoms with Crippen LogP contribution in [0.25, 0.3) is 0 Å². The molecule has 0 aliphatic carbocycles. The molecule has 6 heteroatoms. The van der Waals surface area contributed by atoms with Crippen LogP contribution in [0, 0.1) is 0 Å². The summed E-state index contributed by atoms with van der Waals surface area (Å²) in [6.45, 7) is 3.96. The van der Waals surface area contributed by atoms with Crippen molar-refractivity contribution >= 4 is 11.7 Å². The molecule has 0 amide bonds. The first-order chi connectivity index (χ1) is 10.3. The van der Waals surface area contributed by atoms with Gasteiger partial charge in [-0.15, -0.1) is 0 Å². The lowest BCUT2D eigenvalue weighted by Crippen LogP contribution is -2.36. The van der Waals surface area contributed by atoms with Gasteiger partial charge in [-0.05, 0) is 5.56 Å². The molecule has 21 heavy (non-hydrogen) atoms. The maximum absolute atomic E-state index is 11.9. The van der Waals surface area contributed by atoms with Crippen LogP contribution in [0.4, 0.5) is 0 Å². The van der Waals surface area contributed by atoms with E-state index in [0.29, 0.717) is 0 Å². The van der Waals surface area contributed by atoms with E-state index in [-0.39, 0.29) is 5.71 Å². The highest BCUT2D eigenvalue weighted by Gasteiger charge is 2.20. The molecule has 0 saturated carbocycles. The standard InChI is InChI=1S/C15H20N2O4/c1-19-15(18)14(16-20-2)13-6-4-3-5-12(13)11-17-7-9-21-10-8-17/h3-6H,7-11H2,1-2H3. The van der Waals surface area contributed by atoms with Crippen molar-refractivity contribution in [2.75, 3.05) is 40.5 Å². The predicted molar refractivity (Wildman–Crippen MR) is 78.1 cm³/mol. The number of esters is 1. The number of morpholine rings is 1. The monoisotopic (exact) mass is 292 g/mol. The molecule has 1 aliphatic rings. The molecule has 0 atom stereocenters. The van der Waals surface area contributed by atoms with E-state index in [4.69, 9.17) is 14.3 Å². The summed E-state index contributed by atoms with van der Waals surface area (Å²) < 4.78 is 10.1. The van der Waals surface area contributed by atoms with Crippen LogP contribution >= 0.6 is 0 Å². The Morgan fingerprint density at radius 2 is 2.00 bits per heavy atom. The summed E-state index contributed by atoms with van der Waals surface area (Å²) in [6, 6.07) is 7.65. The van der Waals surface area contributed by atoms with E-state index in [1.54, 1.807) is 0 Å². The lowest BCUT2D eigenvalue weighted by atomic mass is 10.0. The number of hydrogen-bond donors (Lipinski definition) is 0. The molecule has 1 aliphatic heterocycles. The van der Waals surface area contributed by atoms with Gasteiger partial charge in [0, 0.05) is 25.2 Å². The van der Waals surface area contributed by atoms with Crippen LogP contribution in [0.3, 0.4) is 0 Å². The number of hydrogen-bond acceptors (Lipinski definition) is 6. The van der Waals surface area contributed by atoms with E-state index in [9.17, 15) is 4.79 Å². The van der Waals surface area contributed by atoms with Gasteiger partial charge in [-0.1, -0.05) is 29.4 Å². The molecule has 0 aromatic heterocycles. The van der Waals surface area contributed by atoms with Crippen LogP contribution in [0.2, 0.25) is 0 Å². The smallest absolute Gasteiger partial charge is 0.360 e. The van der Waals surface area contributed by atoms with E-state index in [2.05, 4.69) is 10.1 Å². The highest BCUT2D eigenvalue weighted by Crippen LogP contribution is 2.15. The zero-order valence-corrected chi connectivity index (χ0v) is 12.4. The molecule has 1 heterocycles. The molecule has 0 unspecified atom stereocenters. The average molecular weight is 292 g/mol. The molecule has 1 aromatic rings. The van der Waals surface area contributed by atoms with Crippen molar-refractivity contribution in [1.82, 2.24) is 4.90 Å². The second-order valence-electron chi connectivity index (χ2n) is 4.66. The zero-order chi connectivity index (χ0) is 15.1. The number of nitrogens with zero attached hydrogens (tertiary/aromatic N) is 2. The van der Waals surface area contributed by atoms with Gasteiger partial charge in [0.1, 0.15) is 7.11 Å². The van der Waals surface area contributed by atoms with Gasteiger partial charge in [0.25, 0.3) is 0 Å². The number of oxime groups is 1. The average Bonchev–Trinajstić information content (AvgIpc) is 2.54. The minimum Gasteiger partial charge on any atom is -0.464 e. The summed E-state index contributed by atoms with van der Waals surface area (Å²) in [5.41, 5.74) is 1.93. The Bertz CT molecular complexity index is 510. The molecule has 0 spiro atoms. The Morgan fingerprint density at radius 1 is 1.29 bits per heavy atom. The van der Waals surface area contributed by atoms with Crippen LogP contribution in [0.1, 0.15) is 11.1 Å². The first-order valence-corrected chi connectivity index (χ1v) is 6.84. The van der Waals surface area contributed by atoms with Crippen molar-refractivity contribution < 1.29 is 19.1 Å². The van der Waals surface area contributed by atoms with Crippen molar-refractivity contribution in [1.29, 1.82) is 0 Å². The normalized spacial score (nSPS) is 16.6. The van der Waals surface area contributed by atoms with Crippen molar-refractivity contribution in [2.24, 2.45) is 5.16 Å². The lowest BCUT2D eigenvalue weighted by Gasteiger charge is -2.27. The van der Waals surface area contributed by atoms with Crippen LogP contribution in [-0.4, -0.2) is 57.1 Å². The fraction of sp³-hybridized carbons (Fsp3) is 0.467. The fourth-order valence-corrected chi connectivity index (χ4v) is 2.27. The summed E-state index contributed by atoms with van der Waals surface area (Å²) in [6.07, 6.45) is 0. The SMILES string of the molecule is CON=C(C(=O)OC)c1ccccc1CN1CCOCC1. The predicted octanol–water partition coefficient (Wildman–Crippen LogP) is 1.04. The topological polar surface area (TPSA) is 60.4 Å². The van der Waals surface area contributed by atoms with Crippen LogP contribution in [0.5, 0.6) is 0 Å². The second kappa shape index (κ2) is 7.75. The van der Waals surface area contributed by atoms with Crippen molar-refractivity contribution in [2.45, 2.75) is 6.54 Å². The number of benzene rings is 1. The number of carbonyl (C=O) groups excluding carboxylic acids is 1. The Kier molecular flexibility index (Phi) is 5.71. The third-order valence-electron chi connectivity index (χ3n) is 3.33. The van der Waals surface area contributed by atoms with E-state index >= 15 is 0 Å². The van der Waals surface area contributed by atoms with Crippen molar-refractivity contribution in [3.8, 4) is 0 Å². The highest BCUT2D eigenvalue weighted by molar-refractivity contribution is 6.43. The molecule has 0 radical (unpaired) electrons. The molecule has 0 bridgehead atoms. The first kappa shape index (κ1) is 15.5. The third kappa shape index (κ3) is 4.03. The zero-order valence-electron chi connectivity index (χ0n) is 12.4. The molecule has 114 valence electrons. The summed E-state index contributed by atoms with van der Waals surface area (Å²) in [5.74, 6) is -0.508. The van der Waals surface area contributed by atoms with Gasteiger partial charge in [-0.25, -0.2) is 4.79 Å². The lowest BCUT2D eigenvalue weighted by molar-refractivity contribution is -0.132. The van der Waals surface area contributed by atoms with Gasteiger partial charge in [0.2, 0.25) is 0 Å². The fourth-order valence-electron chi connectivity index (χ4n) is 2.27. The maximum Gasteiger partial charge on any atom is 0.360 e. The van der Waals surface area contributed by atoms with E-state index in [1.807, 2.05) is 24.3 Å². The Hall–Kier alpha value is -1.92. The minimum absolute atomic E-state index is 0.184. The maximum atomic E-state index is 11.9. The highest BCUT2D eigenvalue weighted by atomic mass is 16.6. The molecule has 1 aromatic carbocycles. The summed E-state index contributed by atoms with van der Waals surface area (Å²) in [7, 11) is 2.74. The number of methoxy groups -OCH3 is 1. The molecule has 6 nitrogen and oxygen atoms in total. The van der Waals surface area contributed by atoms with Crippen LogP contribution in [0.15, 0.2) is 29.4 Å². The summed E-state index contributed by atoms with van der Waals surface area (Å²) >= 11 is 0. The van der Waals surface area contributed by atoms with Gasteiger partial charge >= 0.3 is 5.97 Å². The van der Waals surface area contributed by atoms with E-state index in [0.717, 1.165) is 44.0 Å². The number of rotatable bonds is 5. The van der Waals surface area contributed by atoms with E-state index in [1.165, 1.54) is 14.2 Å². The van der Waals surface area contributed by atoms with Gasteiger partial charge < -0.3 is 14.3 Å². The summed E-state index contributed by atoms with van der Waals surface area (Å²) in [5, 5.41) is 3.82. The van der Waals surface area contributed by atoms with E-state index < -0.39 is 5.97 Å². The Balaban J connectivity index is 2.26. The number of ether oxygens (including phenoxy) is 2. The van der Waals surface area contributed by atoms with Gasteiger partial charge in [-0.2, -0.15) is 0 Å². The largest absolute Gasteiger partial charge is 0.464 e. The number of carbonyl (C=O) groups is 1. The quantitative estimate of drug-likeness (QED) is 0.461.